The van der Waals surface area contributed by atoms with E-state index in [4.69, 9.17) is 10.5 Å². The highest BCUT2D eigenvalue weighted by atomic mass is 16.5. The second-order valence-electron chi connectivity index (χ2n) is 4.34. The molecule has 4 heteroatoms. The number of rotatable bonds is 3. The third kappa shape index (κ3) is 2.79. The number of aromatic nitrogens is 2. The molecule has 84 valence electrons. The van der Waals surface area contributed by atoms with E-state index in [1.807, 2.05) is 24.1 Å². The second-order valence-corrected chi connectivity index (χ2v) is 4.34. The summed E-state index contributed by atoms with van der Waals surface area (Å²) in [4.78, 5) is 0. The van der Waals surface area contributed by atoms with Crippen molar-refractivity contribution in [2.75, 3.05) is 13.2 Å². The van der Waals surface area contributed by atoms with Gasteiger partial charge in [-0.15, -0.1) is 0 Å². The van der Waals surface area contributed by atoms with Crippen molar-refractivity contribution in [3.8, 4) is 0 Å². The minimum atomic E-state index is 0.248. The molecule has 1 aromatic rings. The SMILES string of the molecule is Cn1cc(CC(N)C2CCOCC2)cn1. The third-order valence-corrected chi connectivity index (χ3v) is 3.10. The fourth-order valence-corrected chi connectivity index (χ4v) is 2.16. The van der Waals surface area contributed by atoms with Crippen molar-refractivity contribution in [3.63, 3.8) is 0 Å². The summed E-state index contributed by atoms with van der Waals surface area (Å²) in [6.45, 7) is 1.73. The Morgan fingerprint density at radius 3 is 2.93 bits per heavy atom. The number of hydrogen-bond donors (Lipinski definition) is 1. The Morgan fingerprint density at radius 1 is 1.60 bits per heavy atom. The lowest BCUT2D eigenvalue weighted by Gasteiger charge is -2.27. The van der Waals surface area contributed by atoms with E-state index in [2.05, 4.69) is 5.10 Å². The first-order valence-electron chi connectivity index (χ1n) is 5.56. The lowest BCUT2D eigenvalue weighted by Crippen LogP contribution is -2.35. The van der Waals surface area contributed by atoms with Gasteiger partial charge in [-0.3, -0.25) is 4.68 Å². The molecule has 1 aliphatic rings. The van der Waals surface area contributed by atoms with Gasteiger partial charge >= 0.3 is 0 Å². The summed E-state index contributed by atoms with van der Waals surface area (Å²) in [5.74, 6) is 0.610. The van der Waals surface area contributed by atoms with E-state index in [1.165, 1.54) is 5.56 Å². The highest BCUT2D eigenvalue weighted by molar-refractivity contribution is 5.06. The minimum Gasteiger partial charge on any atom is -0.381 e. The van der Waals surface area contributed by atoms with Crippen LogP contribution in [0.4, 0.5) is 0 Å². The van der Waals surface area contributed by atoms with Crippen LogP contribution in [0.15, 0.2) is 12.4 Å². The van der Waals surface area contributed by atoms with Crippen molar-refractivity contribution in [3.05, 3.63) is 18.0 Å². The van der Waals surface area contributed by atoms with Crippen LogP contribution in [0, 0.1) is 5.92 Å². The molecule has 0 bridgehead atoms. The van der Waals surface area contributed by atoms with Crippen LogP contribution in [0.25, 0.3) is 0 Å². The van der Waals surface area contributed by atoms with Gasteiger partial charge in [-0.2, -0.15) is 5.10 Å². The third-order valence-electron chi connectivity index (χ3n) is 3.10. The summed E-state index contributed by atoms with van der Waals surface area (Å²) < 4.78 is 7.16. The first-order chi connectivity index (χ1) is 7.25. The average molecular weight is 209 g/mol. The largest absolute Gasteiger partial charge is 0.381 e. The molecule has 0 amide bonds. The van der Waals surface area contributed by atoms with Crippen LogP contribution in [-0.4, -0.2) is 29.0 Å². The second kappa shape index (κ2) is 4.77. The maximum Gasteiger partial charge on any atom is 0.0522 e. The van der Waals surface area contributed by atoms with E-state index < -0.39 is 0 Å². The van der Waals surface area contributed by atoms with Crippen molar-refractivity contribution < 1.29 is 4.74 Å². The Morgan fingerprint density at radius 2 is 2.33 bits per heavy atom. The monoisotopic (exact) mass is 209 g/mol. The summed E-state index contributed by atoms with van der Waals surface area (Å²) in [5, 5.41) is 4.15. The summed E-state index contributed by atoms with van der Waals surface area (Å²) in [6, 6.07) is 0.248. The van der Waals surface area contributed by atoms with Crippen molar-refractivity contribution in [2.45, 2.75) is 25.3 Å². The van der Waals surface area contributed by atoms with Crippen LogP contribution in [-0.2, 0) is 18.2 Å². The number of nitrogens with two attached hydrogens (primary N) is 1. The fourth-order valence-electron chi connectivity index (χ4n) is 2.16. The highest BCUT2D eigenvalue weighted by Crippen LogP contribution is 2.19. The van der Waals surface area contributed by atoms with E-state index >= 15 is 0 Å². The molecule has 4 nitrogen and oxygen atoms in total. The zero-order valence-corrected chi connectivity index (χ0v) is 9.22. The van der Waals surface area contributed by atoms with Crippen LogP contribution in [0.3, 0.4) is 0 Å². The predicted octanol–water partition coefficient (Wildman–Crippen LogP) is 0.716. The van der Waals surface area contributed by atoms with Gasteiger partial charge in [0.15, 0.2) is 0 Å². The first kappa shape index (κ1) is 10.6. The number of hydrogen-bond acceptors (Lipinski definition) is 3. The molecule has 1 unspecified atom stereocenters. The Balaban J connectivity index is 1.88. The molecule has 0 spiro atoms. The summed E-state index contributed by atoms with van der Waals surface area (Å²) in [7, 11) is 1.93. The van der Waals surface area contributed by atoms with Crippen LogP contribution < -0.4 is 5.73 Å². The maximum absolute atomic E-state index is 6.20. The van der Waals surface area contributed by atoms with Crippen LogP contribution in [0.5, 0.6) is 0 Å². The van der Waals surface area contributed by atoms with Crippen molar-refractivity contribution in [2.24, 2.45) is 18.7 Å². The Bertz CT molecular complexity index is 305. The normalized spacial score (nSPS) is 20.4. The molecule has 1 saturated heterocycles. The van der Waals surface area contributed by atoms with Gasteiger partial charge in [0.05, 0.1) is 6.20 Å². The number of nitrogens with zero attached hydrogens (tertiary/aromatic N) is 2. The smallest absolute Gasteiger partial charge is 0.0522 e. The lowest BCUT2D eigenvalue weighted by atomic mass is 9.89. The molecule has 1 atom stereocenters. The van der Waals surface area contributed by atoms with Gasteiger partial charge in [-0.25, -0.2) is 0 Å². The van der Waals surface area contributed by atoms with Crippen molar-refractivity contribution in [1.29, 1.82) is 0 Å². The van der Waals surface area contributed by atoms with E-state index in [0.717, 1.165) is 32.5 Å². The zero-order chi connectivity index (χ0) is 10.7. The van der Waals surface area contributed by atoms with Gasteiger partial charge < -0.3 is 10.5 Å². The molecule has 2 N–H and O–H groups in total. The van der Waals surface area contributed by atoms with Gasteiger partial charge in [0.2, 0.25) is 0 Å². The van der Waals surface area contributed by atoms with E-state index in [0.29, 0.717) is 5.92 Å². The van der Waals surface area contributed by atoms with Crippen molar-refractivity contribution >= 4 is 0 Å². The Labute approximate surface area is 90.4 Å². The molecule has 0 aromatic carbocycles. The maximum atomic E-state index is 6.20. The van der Waals surface area contributed by atoms with Crippen LogP contribution >= 0.6 is 0 Å². The molecular weight excluding hydrogens is 190 g/mol. The summed E-state index contributed by atoms with van der Waals surface area (Å²) >= 11 is 0. The molecule has 0 saturated carbocycles. The van der Waals surface area contributed by atoms with E-state index in [9.17, 15) is 0 Å². The van der Waals surface area contributed by atoms with Gasteiger partial charge in [0, 0.05) is 32.5 Å². The molecular formula is C11H19N3O. The van der Waals surface area contributed by atoms with Gasteiger partial charge in [0.25, 0.3) is 0 Å². The zero-order valence-electron chi connectivity index (χ0n) is 9.22. The van der Waals surface area contributed by atoms with Gasteiger partial charge in [0.1, 0.15) is 0 Å². The van der Waals surface area contributed by atoms with Gasteiger partial charge in [-0.05, 0) is 30.7 Å². The minimum absolute atomic E-state index is 0.248. The topological polar surface area (TPSA) is 53.1 Å². The van der Waals surface area contributed by atoms with Crippen molar-refractivity contribution in [1.82, 2.24) is 9.78 Å². The molecule has 1 fully saturated rings. The molecule has 1 aromatic heterocycles. The molecule has 1 aliphatic heterocycles. The van der Waals surface area contributed by atoms with Crippen LogP contribution in [0.1, 0.15) is 18.4 Å². The lowest BCUT2D eigenvalue weighted by molar-refractivity contribution is 0.0585. The van der Waals surface area contributed by atoms with Gasteiger partial charge in [-0.1, -0.05) is 0 Å². The molecule has 2 rings (SSSR count). The predicted molar refractivity (Wildman–Crippen MR) is 58.4 cm³/mol. The average Bonchev–Trinajstić information content (AvgIpc) is 2.65. The first-order valence-corrected chi connectivity index (χ1v) is 5.56. The molecule has 0 aliphatic carbocycles. The fraction of sp³-hybridized carbons (Fsp3) is 0.727. The quantitative estimate of drug-likeness (QED) is 0.798. The summed E-state index contributed by atoms with van der Waals surface area (Å²) in [5.41, 5.74) is 7.43. The number of aryl methyl sites for hydroxylation is 1. The number of ether oxygens (including phenoxy) is 1. The summed E-state index contributed by atoms with van der Waals surface area (Å²) in [6.07, 6.45) is 7.07. The standard InChI is InChI=1S/C11H19N3O/c1-14-8-9(7-13-14)6-11(12)10-2-4-15-5-3-10/h7-8,10-11H,2-6,12H2,1H3. The molecule has 15 heavy (non-hydrogen) atoms. The van der Waals surface area contributed by atoms with E-state index in [1.54, 1.807) is 0 Å². The molecule has 2 heterocycles. The van der Waals surface area contributed by atoms with E-state index in [-0.39, 0.29) is 6.04 Å². The molecule has 0 radical (unpaired) electrons. The highest BCUT2D eigenvalue weighted by Gasteiger charge is 2.21. The Kier molecular flexibility index (Phi) is 3.38. The Hall–Kier alpha value is -0.870. The van der Waals surface area contributed by atoms with Crippen LogP contribution in [0.2, 0.25) is 0 Å².